The Labute approximate surface area is 136 Å². The first-order chi connectivity index (χ1) is 10.1. The van der Waals surface area contributed by atoms with Crippen LogP contribution in [0.25, 0.3) is 0 Å². The molecule has 22 heavy (non-hydrogen) atoms. The zero-order chi connectivity index (χ0) is 14.9. The van der Waals surface area contributed by atoms with E-state index in [0.29, 0.717) is 26.1 Å². The van der Waals surface area contributed by atoms with E-state index in [-0.39, 0.29) is 23.3 Å². The molecule has 1 aliphatic rings. The monoisotopic (exact) mass is 342 g/mol. The second kappa shape index (κ2) is 6.78. The molecule has 0 spiro atoms. The molecule has 1 unspecified atom stereocenters. The van der Waals surface area contributed by atoms with Gasteiger partial charge in [-0.1, -0.05) is 30.3 Å². The van der Waals surface area contributed by atoms with Gasteiger partial charge in [-0.15, -0.1) is 12.4 Å². The van der Waals surface area contributed by atoms with Gasteiger partial charge in [0.1, 0.15) is 4.90 Å². The molecule has 1 aliphatic heterocycles. The maximum absolute atomic E-state index is 12.5. The smallest absolute Gasteiger partial charge is 0.246 e. The number of rotatable bonds is 4. The highest BCUT2D eigenvalue weighted by atomic mass is 35.5. The number of sulfonamides is 1. The lowest BCUT2D eigenvalue weighted by atomic mass is 10.2. The zero-order valence-corrected chi connectivity index (χ0v) is 13.6. The van der Waals surface area contributed by atoms with Gasteiger partial charge in [0, 0.05) is 25.3 Å². The van der Waals surface area contributed by atoms with E-state index in [9.17, 15) is 8.42 Å². The summed E-state index contributed by atoms with van der Waals surface area (Å²) >= 11 is 0. The minimum absolute atomic E-state index is 0. The fourth-order valence-corrected chi connectivity index (χ4v) is 3.92. The highest BCUT2D eigenvalue weighted by Gasteiger charge is 2.31. The highest BCUT2D eigenvalue weighted by molar-refractivity contribution is 7.89. The van der Waals surface area contributed by atoms with Gasteiger partial charge in [0.05, 0.1) is 12.7 Å². The molecule has 0 radical (unpaired) electrons. The molecule has 6 nitrogen and oxygen atoms in total. The molecule has 0 aliphatic carbocycles. The Morgan fingerprint density at radius 3 is 2.64 bits per heavy atom. The topological polar surface area (TPSA) is 81.2 Å². The van der Waals surface area contributed by atoms with Gasteiger partial charge >= 0.3 is 0 Å². The van der Waals surface area contributed by atoms with E-state index < -0.39 is 10.0 Å². The molecule has 8 heteroatoms. The van der Waals surface area contributed by atoms with E-state index in [2.05, 4.69) is 5.10 Å². The standard InChI is InChI=1S/C14H18N4O2S.ClH/c15-13-6-7-18(10-13)21(19,20)14-8-16-17(11-14)9-12-4-2-1-3-5-12;/h1-5,8,11,13H,6-7,9-10,15H2;1H. The number of hydrogen-bond acceptors (Lipinski definition) is 4. The molecule has 3 rings (SSSR count). The molecule has 0 bridgehead atoms. The molecule has 0 amide bonds. The van der Waals surface area contributed by atoms with Crippen LogP contribution in [0, 0.1) is 0 Å². The summed E-state index contributed by atoms with van der Waals surface area (Å²) in [6, 6.07) is 9.73. The Kier molecular flexibility index (Phi) is 5.23. The largest absolute Gasteiger partial charge is 0.326 e. The molecule has 2 aromatic rings. The summed E-state index contributed by atoms with van der Waals surface area (Å²) in [7, 11) is -3.47. The van der Waals surface area contributed by atoms with E-state index in [1.54, 1.807) is 10.9 Å². The zero-order valence-electron chi connectivity index (χ0n) is 12.0. The van der Waals surface area contributed by atoms with Gasteiger partial charge in [0.25, 0.3) is 0 Å². The predicted octanol–water partition coefficient (Wildman–Crippen LogP) is 1.07. The number of benzene rings is 1. The summed E-state index contributed by atoms with van der Waals surface area (Å²) in [6.45, 7) is 1.41. The van der Waals surface area contributed by atoms with Crippen LogP contribution in [0.4, 0.5) is 0 Å². The van der Waals surface area contributed by atoms with Crippen LogP contribution in [0.15, 0.2) is 47.6 Å². The van der Waals surface area contributed by atoms with Crippen LogP contribution in [0.1, 0.15) is 12.0 Å². The van der Waals surface area contributed by atoms with Crippen molar-refractivity contribution < 1.29 is 8.42 Å². The van der Waals surface area contributed by atoms with Crippen LogP contribution in [-0.4, -0.2) is 41.6 Å². The minimum atomic E-state index is -3.47. The van der Waals surface area contributed by atoms with Crippen LogP contribution in [0.2, 0.25) is 0 Å². The number of aromatic nitrogens is 2. The maximum atomic E-state index is 12.5. The summed E-state index contributed by atoms with van der Waals surface area (Å²) in [5.74, 6) is 0. The summed E-state index contributed by atoms with van der Waals surface area (Å²) in [6.07, 6.45) is 3.69. The van der Waals surface area contributed by atoms with E-state index >= 15 is 0 Å². The maximum Gasteiger partial charge on any atom is 0.246 e. The van der Waals surface area contributed by atoms with Crippen molar-refractivity contribution in [3.63, 3.8) is 0 Å². The molecule has 2 heterocycles. The minimum Gasteiger partial charge on any atom is -0.326 e. The van der Waals surface area contributed by atoms with E-state index in [0.717, 1.165) is 5.56 Å². The molecular formula is C14H19ClN4O2S. The Morgan fingerprint density at radius 2 is 2.00 bits per heavy atom. The van der Waals surface area contributed by atoms with E-state index in [4.69, 9.17) is 5.73 Å². The molecule has 1 saturated heterocycles. The SMILES string of the molecule is Cl.NC1CCN(S(=O)(=O)c2cnn(Cc3ccccc3)c2)C1. The number of nitrogens with two attached hydrogens (primary N) is 1. The number of hydrogen-bond donors (Lipinski definition) is 1. The normalized spacial score (nSPS) is 19.0. The third kappa shape index (κ3) is 3.49. The Bertz CT molecular complexity index is 717. The van der Waals surface area contributed by atoms with Crippen LogP contribution in [-0.2, 0) is 16.6 Å². The van der Waals surface area contributed by atoms with Crippen molar-refractivity contribution in [3.05, 3.63) is 48.3 Å². The van der Waals surface area contributed by atoms with Crippen molar-refractivity contribution in [1.29, 1.82) is 0 Å². The summed E-state index contributed by atoms with van der Waals surface area (Å²) in [5.41, 5.74) is 6.86. The van der Waals surface area contributed by atoms with Crippen molar-refractivity contribution in [2.24, 2.45) is 5.73 Å². The number of halogens is 1. The average molecular weight is 343 g/mol. The van der Waals surface area contributed by atoms with Crippen molar-refractivity contribution in [3.8, 4) is 0 Å². The van der Waals surface area contributed by atoms with Crippen LogP contribution in [0.5, 0.6) is 0 Å². The van der Waals surface area contributed by atoms with E-state index in [1.807, 2.05) is 30.3 Å². The van der Waals surface area contributed by atoms with Gasteiger partial charge in [-0.2, -0.15) is 9.40 Å². The van der Waals surface area contributed by atoms with Gasteiger partial charge in [-0.25, -0.2) is 8.42 Å². The Balaban J connectivity index is 0.00000176. The van der Waals surface area contributed by atoms with Crippen LogP contribution in [0.3, 0.4) is 0 Å². The fourth-order valence-electron chi connectivity index (χ4n) is 2.46. The predicted molar refractivity (Wildman–Crippen MR) is 86.4 cm³/mol. The fraction of sp³-hybridized carbons (Fsp3) is 0.357. The molecular weight excluding hydrogens is 324 g/mol. The molecule has 120 valence electrons. The first kappa shape index (κ1) is 17.0. The molecule has 0 saturated carbocycles. The second-order valence-electron chi connectivity index (χ2n) is 5.27. The second-order valence-corrected chi connectivity index (χ2v) is 7.21. The van der Waals surface area contributed by atoms with Crippen molar-refractivity contribution in [1.82, 2.24) is 14.1 Å². The van der Waals surface area contributed by atoms with Crippen molar-refractivity contribution in [2.45, 2.75) is 23.9 Å². The van der Waals surface area contributed by atoms with Crippen molar-refractivity contribution >= 4 is 22.4 Å². The molecule has 1 aromatic carbocycles. The Morgan fingerprint density at radius 1 is 1.27 bits per heavy atom. The van der Waals surface area contributed by atoms with Crippen molar-refractivity contribution in [2.75, 3.05) is 13.1 Å². The van der Waals surface area contributed by atoms with E-state index in [1.165, 1.54) is 10.5 Å². The van der Waals surface area contributed by atoms with Gasteiger partial charge in [-0.3, -0.25) is 4.68 Å². The lowest BCUT2D eigenvalue weighted by Gasteiger charge is -2.14. The average Bonchev–Trinajstić information content (AvgIpc) is 3.10. The molecule has 1 aromatic heterocycles. The highest BCUT2D eigenvalue weighted by Crippen LogP contribution is 2.20. The van der Waals surface area contributed by atoms with Gasteiger partial charge in [0.2, 0.25) is 10.0 Å². The van der Waals surface area contributed by atoms with Gasteiger partial charge in [0.15, 0.2) is 0 Å². The summed E-state index contributed by atoms with van der Waals surface area (Å²) in [4.78, 5) is 0.229. The molecule has 2 N–H and O–H groups in total. The first-order valence-electron chi connectivity index (χ1n) is 6.88. The van der Waals surface area contributed by atoms with Gasteiger partial charge in [-0.05, 0) is 12.0 Å². The van der Waals surface area contributed by atoms with Gasteiger partial charge < -0.3 is 5.73 Å². The summed E-state index contributed by atoms with van der Waals surface area (Å²) < 4.78 is 28.0. The quantitative estimate of drug-likeness (QED) is 0.901. The van der Waals surface area contributed by atoms with Crippen LogP contribution >= 0.6 is 12.4 Å². The Hall–Kier alpha value is -1.41. The lowest BCUT2D eigenvalue weighted by Crippen LogP contribution is -2.31. The molecule has 1 fully saturated rings. The summed E-state index contributed by atoms with van der Waals surface area (Å²) in [5, 5.41) is 4.15. The first-order valence-corrected chi connectivity index (χ1v) is 8.32. The lowest BCUT2D eigenvalue weighted by molar-refractivity contribution is 0.472. The van der Waals surface area contributed by atoms with Crippen LogP contribution < -0.4 is 5.73 Å². The number of nitrogens with zero attached hydrogens (tertiary/aromatic N) is 3. The third-order valence-corrected chi connectivity index (χ3v) is 5.44. The molecule has 1 atom stereocenters. The third-order valence-electron chi connectivity index (χ3n) is 3.62.